The molecule has 4 rings (SSSR count). The van der Waals surface area contributed by atoms with Crippen LogP contribution in [0.4, 0.5) is 0 Å². The highest BCUT2D eigenvalue weighted by Crippen LogP contribution is 2.24. The molecule has 0 bridgehead atoms. The molecule has 33 heavy (non-hydrogen) atoms. The number of amides is 1. The van der Waals surface area contributed by atoms with Gasteiger partial charge in [0.15, 0.2) is 5.16 Å². The molecule has 3 aromatic carbocycles. The van der Waals surface area contributed by atoms with Crippen LogP contribution in [0.1, 0.15) is 11.1 Å². The van der Waals surface area contributed by atoms with Gasteiger partial charge >= 0.3 is 0 Å². The molecule has 0 spiro atoms. The zero-order valence-corrected chi connectivity index (χ0v) is 19.8. The fourth-order valence-corrected chi connectivity index (χ4v) is 4.35. The molecule has 166 valence electrons. The smallest absolute Gasteiger partial charge is 0.266 e. The first-order valence-electron chi connectivity index (χ1n) is 9.92. The van der Waals surface area contributed by atoms with E-state index in [-0.39, 0.29) is 17.2 Å². The van der Waals surface area contributed by atoms with Crippen molar-refractivity contribution < 1.29 is 4.79 Å². The summed E-state index contributed by atoms with van der Waals surface area (Å²) in [6, 6.07) is 19.8. The summed E-state index contributed by atoms with van der Waals surface area (Å²) in [6.07, 6.45) is 1.42. The molecular weight excluding hydrogens is 479 g/mol. The van der Waals surface area contributed by atoms with Crippen LogP contribution in [0.2, 0.25) is 10.0 Å². The molecule has 0 aliphatic carbocycles. The number of benzene rings is 3. The minimum atomic E-state index is -0.354. The van der Waals surface area contributed by atoms with Crippen molar-refractivity contribution in [2.24, 2.45) is 5.10 Å². The number of halogens is 2. The van der Waals surface area contributed by atoms with E-state index in [0.29, 0.717) is 31.7 Å². The Balaban J connectivity index is 1.58. The first kappa shape index (κ1) is 23.0. The van der Waals surface area contributed by atoms with Gasteiger partial charge < -0.3 is 0 Å². The number of rotatable bonds is 6. The fourth-order valence-electron chi connectivity index (χ4n) is 3.19. The van der Waals surface area contributed by atoms with Crippen molar-refractivity contribution in [1.29, 1.82) is 0 Å². The van der Waals surface area contributed by atoms with E-state index in [0.717, 1.165) is 23.0 Å². The monoisotopic (exact) mass is 496 g/mol. The van der Waals surface area contributed by atoms with E-state index in [2.05, 4.69) is 15.5 Å². The van der Waals surface area contributed by atoms with E-state index in [1.54, 1.807) is 41.0 Å². The van der Waals surface area contributed by atoms with Crippen molar-refractivity contribution >= 4 is 58.0 Å². The second-order valence-corrected chi connectivity index (χ2v) is 8.79. The molecule has 0 saturated carbocycles. The number of nitrogens with zero attached hydrogens (tertiary/aromatic N) is 3. The van der Waals surface area contributed by atoms with Crippen LogP contribution in [0.5, 0.6) is 0 Å². The van der Waals surface area contributed by atoms with Crippen molar-refractivity contribution in [1.82, 2.24) is 15.0 Å². The molecule has 0 aliphatic heterocycles. The second kappa shape index (κ2) is 10.2. The molecule has 0 unspecified atom stereocenters. The number of hydrazone groups is 1. The number of nitrogens with one attached hydrogen (secondary N) is 1. The van der Waals surface area contributed by atoms with Gasteiger partial charge in [0.2, 0.25) is 0 Å². The van der Waals surface area contributed by atoms with Crippen LogP contribution in [-0.4, -0.2) is 27.4 Å². The number of thioether (sulfide) groups is 1. The molecule has 1 heterocycles. The number of aryl methyl sites for hydroxylation is 1. The summed E-state index contributed by atoms with van der Waals surface area (Å²) < 4.78 is 1.55. The molecule has 1 aromatic heterocycles. The van der Waals surface area contributed by atoms with Gasteiger partial charge in [-0.25, -0.2) is 10.4 Å². The average Bonchev–Trinajstić information content (AvgIpc) is 2.81. The molecule has 1 amide bonds. The lowest BCUT2D eigenvalue weighted by atomic mass is 10.2. The number of hydrogen-bond acceptors (Lipinski definition) is 5. The summed E-state index contributed by atoms with van der Waals surface area (Å²) in [4.78, 5) is 30.3. The predicted octanol–water partition coefficient (Wildman–Crippen LogP) is 5.24. The molecule has 0 saturated heterocycles. The SMILES string of the molecule is Cc1ccccc1-n1c(SCC(=O)NN=Cc2cccc(Cl)c2Cl)nc2ccccc2c1=O. The van der Waals surface area contributed by atoms with E-state index in [1.165, 1.54) is 6.21 Å². The molecule has 4 aromatic rings. The van der Waals surface area contributed by atoms with Crippen molar-refractivity contribution in [2.45, 2.75) is 12.1 Å². The van der Waals surface area contributed by atoms with Crippen LogP contribution < -0.4 is 11.0 Å². The summed E-state index contributed by atoms with van der Waals surface area (Å²) in [5.74, 6) is -0.342. The first-order chi connectivity index (χ1) is 16.0. The van der Waals surface area contributed by atoms with Gasteiger partial charge in [-0.05, 0) is 36.8 Å². The van der Waals surface area contributed by atoms with Gasteiger partial charge in [0.1, 0.15) is 0 Å². The predicted molar refractivity (Wildman–Crippen MR) is 135 cm³/mol. The van der Waals surface area contributed by atoms with Gasteiger partial charge in [-0.1, -0.05) is 77.4 Å². The molecule has 0 fully saturated rings. The largest absolute Gasteiger partial charge is 0.272 e. The number of carbonyl (C=O) groups is 1. The van der Waals surface area contributed by atoms with Gasteiger partial charge in [-0.15, -0.1) is 0 Å². The van der Waals surface area contributed by atoms with Crippen LogP contribution in [0, 0.1) is 6.92 Å². The topological polar surface area (TPSA) is 76.3 Å². The quantitative estimate of drug-likeness (QED) is 0.171. The van der Waals surface area contributed by atoms with Crippen molar-refractivity contribution in [2.75, 3.05) is 5.75 Å². The van der Waals surface area contributed by atoms with Gasteiger partial charge in [-0.2, -0.15) is 5.10 Å². The summed E-state index contributed by atoms with van der Waals surface area (Å²) in [5, 5.41) is 5.64. The lowest BCUT2D eigenvalue weighted by molar-refractivity contribution is -0.118. The molecule has 0 radical (unpaired) electrons. The minimum absolute atomic E-state index is 0.0112. The Labute approximate surface area is 204 Å². The van der Waals surface area contributed by atoms with E-state index >= 15 is 0 Å². The van der Waals surface area contributed by atoms with Crippen LogP contribution in [-0.2, 0) is 4.79 Å². The third kappa shape index (κ3) is 5.11. The Morgan fingerprint density at radius 1 is 1.09 bits per heavy atom. The Kier molecular flexibility index (Phi) is 7.13. The summed E-state index contributed by atoms with van der Waals surface area (Å²) in [7, 11) is 0. The fraction of sp³-hybridized carbons (Fsp3) is 0.0833. The minimum Gasteiger partial charge on any atom is -0.272 e. The van der Waals surface area contributed by atoms with E-state index in [1.807, 2.05) is 37.3 Å². The first-order valence-corrected chi connectivity index (χ1v) is 11.7. The lowest BCUT2D eigenvalue weighted by Crippen LogP contribution is -2.24. The molecule has 9 heteroatoms. The maximum atomic E-state index is 13.3. The van der Waals surface area contributed by atoms with E-state index < -0.39 is 0 Å². The second-order valence-electron chi connectivity index (χ2n) is 7.06. The Bertz CT molecular complexity index is 1440. The van der Waals surface area contributed by atoms with Crippen LogP contribution in [0.25, 0.3) is 16.6 Å². The summed E-state index contributed by atoms with van der Waals surface area (Å²) in [5.41, 5.74) is 5.07. The molecule has 1 N–H and O–H groups in total. The van der Waals surface area contributed by atoms with Crippen LogP contribution in [0.15, 0.2) is 81.8 Å². The van der Waals surface area contributed by atoms with Gasteiger partial charge in [0, 0.05) is 5.56 Å². The third-order valence-corrected chi connectivity index (χ3v) is 6.58. The number of fused-ring (bicyclic) bond motifs is 1. The van der Waals surface area contributed by atoms with Crippen molar-refractivity contribution in [3.63, 3.8) is 0 Å². The zero-order valence-electron chi connectivity index (χ0n) is 17.5. The number of para-hydroxylation sites is 2. The van der Waals surface area contributed by atoms with E-state index in [4.69, 9.17) is 23.2 Å². The highest BCUT2D eigenvalue weighted by molar-refractivity contribution is 7.99. The summed E-state index contributed by atoms with van der Waals surface area (Å²) in [6.45, 7) is 1.92. The number of hydrogen-bond donors (Lipinski definition) is 1. The van der Waals surface area contributed by atoms with Gasteiger partial charge in [0.05, 0.1) is 38.6 Å². The van der Waals surface area contributed by atoms with Gasteiger partial charge in [-0.3, -0.25) is 14.2 Å². The van der Waals surface area contributed by atoms with Crippen molar-refractivity contribution in [3.05, 3.63) is 98.3 Å². The standard InChI is InChI=1S/C24H18Cl2N4O2S/c1-15-7-2-5-12-20(15)30-23(32)17-9-3-4-11-19(17)28-24(30)33-14-21(31)29-27-13-16-8-6-10-18(25)22(16)26/h2-13H,14H2,1H3,(H,29,31). The lowest BCUT2D eigenvalue weighted by Gasteiger charge is -2.14. The molecule has 0 aliphatic rings. The Morgan fingerprint density at radius 3 is 2.67 bits per heavy atom. The number of carbonyl (C=O) groups excluding carboxylic acids is 1. The number of aromatic nitrogens is 2. The average molecular weight is 497 g/mol. The maximum absolute atomic E-state index is 13.3. The highest BCUT2D eigenvalue weighted by atomic mass is 35.5. The molecular formula is C24H18Cl2N4O2S. The normalized spacial score (nSPS) is 11.2. The zero-order chi connectivity index (χ0) is 23.4. The molecule has 6 nitrogen and oxygen atoms in total. The maximum Gasteiger partial charge on any atom is 0.266 e. The van der Waals surface area contributed by atoms with Crippen LogP contribution in [0.3, 0.4) is 0 Å². The third-order valence-electron chi connectivity index (χ3n) is 4.81. The van der Waals surface area contributed by atoms with Crippen molar-refractivity contribution in [3.8, 4) is 5.69 Å². The summed E-state index contributed by atoms with van der Waals surface area (Å²) >= 11 is 13.3. The van der Waals surface area contributed by atoms with Crippen LogP contribution >= 0.6 is 35.0 Å². The highest BCUT2D eigenvalue weighted by Gasteiger charge is 2.15. The van der Waals surface area contributed by atoms with Gasteiger partial charge in [0.25, 0.3) is 11.5 Å². The van der Waals surface area contributed by atoms with E-state index in [9.17, 15) is 9.59 Å². The Morgan fingerprint density at radius 2 is 1.85 bits per heavy atom. The Hall–Kier alpha value is -3.13. The molecule has 0 atom stereocenters.